The molecule has 0 aliphatic heterocycles. The van der Waals surface area contributed by atoms with Gasteiger partial charge in [0.25, 0.3) is 0 Å². The zero-order chi connectivity index (χ0) is 18.8. The summed E-state index contributed by atoms with van der Waals surface area (Å²) >= 11 is 6.24. The minimum atomic E-state index is -6.44. The molecule has 0 spiro atoms. The Bertz CT molecular complexity index is 620. The summed E-state index contributed by atoms with van der Waals surface area (Å²) in [7, 11) is 0. The van der Waals surface area contributed by atoms with Gasteiger partial charge in [-0.1, -0.05) is 15.9 Å². The first-order valence-electron chi connectivity index (χ1n) is 6.08. The van der Waals surface area contributed by atoms with Crippen molar-refractivity contribution < 1.29 is 35.5 Å². The fourth-order valence-electron chi connectivity index (χ4n) is 1.40. The molecule has 0 unspecified atom stereocenters. The number of hydrazone groups is 1. The zero-order valence-electron chi connectivity index (χ0n) is 11.7. The van der Waals surface area contributed by atoms with Gasteiger partial charge < -0.3 is 4.74 Å². The van der Waals surface area contributed by atoms with Gasteiger partial charge in [0.15, 0.2) is 0 Å². The quantitative estimate of drug-likeness (QED) is 0.254. The van der Waals surface area contributed by atoms with E-state index in [0.717, 1.165) is 0 Å². The molecule has 1 aromatic carbocycles. The molecule has 0 amide bonds. The van der Waals surface area contributed by atoms with Gasteiger partial charge in [-0.25, -0.2) is 5.43 Å². The highest BCUT2D eigenvalue weighted by Gasteiger charge is 2.73. The van der Waals surface area contributed by atoms with E-state index in [1.807, 2.05) is 0 Å². The van der Waals surface area contributed by atoms with Gasteiger partial charge in [-0.15, -0.1) is 0 Å². The lowest BCUT2D eigenvalue weighted by Gasteiger charge is -2.27. The van der Waals surface area contributed by atoms with E-state index in [0.29, 0.717) is 20.6 Å². The van der Waals surface area contributed by atoms with Crippen molar-refractivity contribution in [1.29, 1.82) is 0 Å². The largest absolute Gasteiger partial charge is 0.492 e. The van der Waals surface area contributed by atoms with Crippen LogP contribution in [0.1, 0.15) is 12.5 Å². The first-order valence-corrected chi connectivity index (χ1v) is 7.66. The van der Waals surface area contributed by atoms with Crippen LogP contribution >= 0.6 is 31.9 Å². The number of hydrogen-bond acceptors (Lipinski definition) is 3. The lowest BCUT2D eigenvalue weighted by Crippen LogP contribution is -2.58. The Balaban J connectivity index is 3.07. The number of nitrogens with zero attached hydrogens (tertiary/aromatic N) is 1. The minimum Gasteiger partial charge on any atom is -0.492 e. The van der Waals surface area contributed by atoms with Crippen molar-refractivity contribution in [1.82, 2.24) is 5.43 Å². The number of ether oxygens (including phenoxy) is 1. The van der Waals surface area contributed by atoms with Crippen LogP contribution in [0.3, 0.4) is 0 Å². The van der Waals surface area contributed by atoms with Crippen LogP contribution in [0.15, 0.2) is 26.2 Å². The van der Waals surface area contributed by atoms with Crippen molar-refractivity contribution in [3.05, 3.63) is 26.6 Å². The second-order valence-corrected chi connectivity index (χ2v) is 6.03. The van der Waals surface area contributed by atoms with Crippen molar-refractivity contribution in [2.45, 2.75) is 25.1 Å². The number of nitrogens with one attached hydrogen (secondary N) is 1. The standard InChI is InChI=1S/C12H9Br2F7N2O/c1-2-24-9-6(3-7(13)4-8(9)14)5-22-23-12(20,21)10(15,16)11(17,18)19/h3-5,23H,2H2,1H3/b22-5-. The van der Waals surface area contributed by atoms with Gasteiger partial charge in [0.2, 0.25) is 0 Å². The topological polar surface area (TPSA) is 33.6 Å². The van der Waals surface area contributed by atoms with Crippen LogP contribution in [-0.4, -0.2) is 31.0 Å². The number of alkyl halides is 7. The maximum atomic E-state index is 13.1. The van der Waals surface area contributed by atoms with Gasteiger partial charge in [0.05, 0.1) is 17.3 Å². The van der Waals surface area contributed by atoms with E-state index in [9.17, 15) is 30.7 Å². The summed E-state index contributed by atoms with van der Waals surface area (Å²) in [5.74, 6) is -6.14. The van der Waals surface area contributed by atoms with Crippen molar-refractivity contribution in [3.8, 4) is 5.75 Å². The Labute approximate surface area is 148 Å². The van der Waals surface area contributed by atoms with Crippen molar-refractivity contribution in [2.75, 3.05) is 6.61 Å². The van der Waals surface area contributed by atoms with Gasteiger partial charge in [0, 0.05) is 10.0 Å². The molecule has 0 radical (unpaired) electrons. The maximum absolute atomic E-state index is 13.1. The summed E-state index contributed by atoms with van der Waals surface area (Å²) in [4.78, 5) is 0. The monoisotopic (exact) mass is 488 g/mol. The number of halogens is 9. The predicted molar refractivity (Wildman–Crippen MR) is 79.7 cm³/mol. The molecule has 1 rings (SSSR count). The van der Waals surface area contributed by atoms with Crippen molar-refractivity contribution in [2.24, 2.45) is 5.10 Å². The fraction of sp³-hybridized carbons (Fsp3) is 0.417. The van der Waals surface area contributed by atoms with E-state index in [4.69, 9.17) is 4.74 Å². The van der Waals surface area contributed by atoms with E-state index in [1.54, 1.807) is 13.0 Å². The molecule has 0 aliphatic carbocycles. The normalized spacial score (nSPS) is 13.4. The highest BCUT2D eigenvalue weighted by Crippen LogP contribution is 2.45. The summed E-state index contributed by atoms with van der Waals surface area (Å²) in [6, 6.07) is -2.72. The van der Waals surface area contributed by atoms with Crippen LogP contribution in [-0.2, 0) is 0 Å². The van der Waals surface area contributed by atoms with Crippen LogP contribution in [0.2, 0.25) is 0 Å². The first kappa shape index (κ1) is 21.0. The van der Waals surface area contributed by atoms with E-state index >= 15 is 0 Å². The predicted octanol–water partition coefficient (Wildman–Crippen LogP) is 5.32. The Morgan fingerprint density at radius 1 is 1.12 bits per heavy atom. The second kappa shape index (κ2) is 7.46. The van der Waals surface area contributed by atoms with Crippen molar-refractivity contribution in [3.63, 3.8) is 0 Å². The van der Waals surface area contributed by atoms with E-state index in [1.165, 1.54) is 6.07 Å². The lowest BCUT2D eigenvalue weighted by atomic mass is 10.2. The number of hydrogen-bond donors (Lipinski definition) is 1. The molecule has 0 aromatic heterocycles. The zero-order valence-corrected chi connectivity index (χ0v) is 14.9. The van der Waals surface area contributed by atoms with Gasteiger partial charge in [-0.2, -0.15) is 35.8 Å². The Kier molecular flexibility index (Phi) is 6.53. The average Bonchev–Trinajstić information content (AvgIpc) is 2.40. The Hall–Kier alpha value is -1.04. The lowest BCUT2D eigenvalue weighted by molar-refractivity contribution is -0.361. The summed E-state index contributed by atoms with van der Waals surface area (Å²) in [6.45, 7) is 1.82. The molecule has 12 heteroatoms. The molecule has 24 heavy (non-hydrogen) atoms. The minimum absolute atomic E-state index is 0.0664. The number of benzene rings is 1. The molecule has 1 N–H and O–H groups in total. The molecule has 0 fully saturated rings. The van der Waals surface area contributed by atoms with Crippen LogP contribution in [0, 0.1) is 0 Å². The average molecular weight is 490 g/mol. The summed E-state index contributed by atoms with van der Waals surface area (Å²) in [5.41, 5.74) is 0.609. The molecule has 0 saturated carbocycles. The smallest absolute Gasteiger partial charge is 0.462 e. The Morgan fingerprint density at radius 3 is 2.21 bits per heavy atom. The maximum Gasteiger partial charge on any atom is 0.462 e. The van der Waals surface area contributed by atoms with Gasteiger partial charge >= 0.3 is 18.1 Å². The molecule has 0 heterocycles. The third kappa shape index (κ3) is 4.52. The van der Waals surface area contributed by atoms with E-state index < -0.39 is 18.1 Å². The summed E-state index contributed by atoms with van der Waals surface area (Å²) in [6.07, 6.45) is -5.80. The van der Waals surface area contributed by atoms with E-state index in [-0.39, 0.29) is 17.9 Å². The van der Waals surface area contributed by atoms with Crippen LogP contribution in [0.5, 0.6) is 5.75 Å². The molecule has 0 atom stereocenters. The molecule has 0 saturated heterocycles. The van der Waals surface area contributed by atoms with Crippen LogP contribution in [0.25, 0.3) is 0 Å². The van der Waals surface area contributed by atoms with Crippen LogP contribution in [0.4, 0.5) is 30.7 Å². The third-order valence-electron chi connectivity index (χ3n) is 2.48. The highest BCUT2D eigenvalue weighted by molar-refractivity contribution is 9.11. The van der Waals surface area contributed by atoms with Gasteiger partial charge in [-0.3, -0.25) is 0 Å². The molecule has 1 aromatic rings. The second-order valence-electron chi connectivity index (χ2n) is 4.26. The van der Waals surface area contributed by atoms with E-state index in [2.05, 4.69) is 37.0 Å². The Morgan fingerprint density at radius 2 is 1.71 bits per heavy atom. The van der Waals surface area contributed by atoms with Crippen LogP contribution < -0.4 is 10.2 Å². The molecule has 136 valence electrons. The first-order chi connectivity index (χ1) is 10.8. The fourth-order valence-corrected chi connectivity index (χ4v) is 2.78. The SMILES string of the molecule is CCOc1c(Br)cc(Br)cc1/C=N\NC(F)(F)C(F)(F)C(F)(F)F. The highest BCUT2D eigenvalue weighted by atomic mass is 79.9. The molecular weight excluding hydrogens is 481 g/mol. The van der Waals surface area contributed by atoms with Gasteiger partial charge in [0.1, 0.15) is 5.75 Å². The molecule has 0 bridgehead atoms. The molecule has 0 aliphatic rings. The summed E-state index contributed by atoms with van der Waals surface area (Å²) in [5, 5.41) is 2.79. The van der Waals surface area contributed by atoms with Gasteiger partial charge in [-0.05, 0) is 35.0 Å². The van der Waals surface area contributed by atoms with Crippen molar-refractivity contribution >= 4 is 38.1 Å². The summed E-state index contributed by atoms with van der Waals surface area (Å²) < 4.78 is 93.6. The third-order valence-corrected chi connectivity index (χ3v) is 3.53. The number of rotatable bonds is 6. The molecular formula is C12H9Br2F7N2O. The molecule has 3 nitrogen and oxygen atoms in total.